The third kappa shape index (κ3) is 4.16. The zero-order valence-corrected chi connectivity index (χ0v) is 11.9. The second kappa shape index (κ2) is 7.03. The van der Waals surface area contributed by atoms with Crippen LogP contribution in [0.5, 0.6) is 0 Å². The zero-order chi connectivity index (χ0) is 15.2. The van der Waals surface area contributed by atoms with E-state index in [-0.39, 0.29) is 22.8 Å². The predicted molar refractivity (Wildman–Crippen MR) is 80.1 cm³/mol. The lowest BCUT2D eigenvalue weighted by Gasteiger charge is -2.14. The fraction of sp³-hybridized carbons (Fsp3) is 0.500. The molecule has 1 aliphatic rings. The number of nitrogens with two attached hydrogens (primary N) is 1. The van der Waals surface area contributed by atoms with Crippen molar-refractivity contribution in [1.29, 1.82) is 0 Å². The molecule has 21 heavy (non-hydrogen) atoms. The summed E-state index contributed by atoms with van der Waals surface area (Å²) in [5, 5.41) is 13.5. The first-order valence-electron chi connectivity index (χ1n) is 7.12. The number of hydrogen-bond acceptors (Lipinski definition) is 5. The summed E-state index contributed by atoms with van der Waals surface area (Å²) in [6.45, 7) is 3.76. The number of nitro benzene ring substituents is 1. The first-order chi connectivity index (χ1) is 10.1. The molecule has 1 aromatic carbocycles. The van der Waals surface area contributed by atoms with E-state index >= 15 is 0 Å². The lowest BCUT2D eigenvalue weighted by Crippen LogP contribution is -2.29. The highest BCUT2D eigenvalue weighted by Crippen LogP contribution is 2.19. The van der Waals surface area contributed by atoms with E-state index in [9.17, 15) is 14.9 Å². The maximum Gasteiger partial charge on any atom is 0.270 e. The Balaban J connectivity index is 1.84. The van der Waals surface area contributed by atoms with E-state index in [2.05, 4.69) is 10.2 Å². The maximum absolute atomic E-state index is 12.0. The molecular weight excluding hydrogens is 272 g/mol. The van der Waals surface area contributed by atoms with Crippen LogP contribution in [0.15, 0.2) is 18.2 Å². The molecule has 0 radical (unpaired) electrons. The van der Waals surface area contributed by atoms with E-state index in [1.807, 2.05) is 0 Å². The number of non-ortho nitro benzene ring substituents is 1. The Morgan fingerprint density at radius 1 is 1.38 bits per heavy atom. The number of hydrogen-bond donors (Lipinski definition) is 2. The van der Waals surface area contributed by atoms with E-state index in [1.54, 1.807) is 0 Å². The number of amides is 1. The third-order valence-electron chi connectivity index (χ3n) is 3.63. The number of anilines is 1. The minimum absolute atomic E-state index is 0.133. The average molecular weight is 292 g/mol. The smallest absolute Gasteiger partial charge is 0.270 e. The summed E-state index contributed by atoms with van der Waals surface area (Å²) in [4.78, 5) is 24.6. The molecule has 0 spiro atoms. The number of benzene rings is 1. The van der Waals surface area contributed by atoms with Gasteiger partial charge in [-0.15, -0.1) is 0 Å². The third-order valence-corrected chi connectivity index (χ3v) is 3.63. The van der Waals surface area contributed by atoms with Crippen molar-refractivity contribution < 1.29 is 9.72 Å². The minimum Gasteiger partial charge on any atom is -0.398 e. The largest absolute Gasteiger partial charge is 0.398 e. The van der Waals surface area contributed by atoms with Crippen LogP contribution in [0.3, 0.4) is 0 Å². The summed E-state index contributed by atoms with van der Waals surface area (Å²) in [6, 6.07) is 3.89. The molecule has 0 aliphatic carbocycles. The molecule has 1 fully saturated rings. The first kappa shape index (κ1) is 15.2. The summed E-state index contributed by atoms with van der Waals surface area (Å²) in [7, 11) is 0. The Morgan fingerprint density at radius 2 is 2.10 bits per heavy atom. The Kier molecular flexibility index (Phi) is 5.10. The summed E-state index contributed by atoms with van der Waals surface area (Å²) >= 11 is 0. The maximum atomic E-state index is 12.0. The van der Waals surface area contributed by atoms with Crippen molar-refractivity contribution in [1.82, 2.24) is 10.2 Å². The highest BCUT2D eigenvalue weighted by Gasteiger charge is 2.15. The van der Waals surface area contributed by atoms with Gasteiger partial charge in [-0.2, -0.15) is 0 Å². The molecule has 0 saturated carbocycles. The van der Waals surface area contributed by atoms with Crippen molar-refractivity contribution in [2.45, 2.75) is 19.3 Å². The SMILES string of the molecule is Nc1ccc([N+](=O)[O-])cc1C(=O)NCCCN1CCCC1. The van der Waals surface area contributed by atoms with Crippen molar-refractivity contribution >= 4 is 17.3 Å². The van der Waals surface area contributed by atoms with E-state index in [1.165, 1.54) is 31.0 Å². The van der Waals surface area contributed by atoms with Gasteiger partial charge < -0.3 is 16.0 Å². The topological polar surface area (TPSA) is 101 Å². The number of carbonyl (C=O) groups is 1. The number of rotatable bonds is 6. The van der Waals surface area contributed by atoms with Gasteiger partial charge in [0, 0.05) is 24.4 Å². The van der Waals surface area contributed by atoms with Gasteiger partial charge in [-0.1, -0.05) is 0 Å². The van der Waals surface area contributed by atoms with Gasteiger partial charge in [-0.25, -0.2) is 0 Å². The molecule has 7 heteroatoms. The van der Waals surface area contributed by atoms with Crippen LogP contribution in [-0.2, 0) is 0 Å². The highest BCUT2D eigenvalue weighted by atomic mass is 16.6. The quantitative estimate of drug-likeness (QED) is 0.357. The summed E-state index contributed by atoms with van der Waals surface area (Å²) in [6.07, 6.45) is 3.35. The van der Waals surface area contributed by atoms with Gasteiger partial charge in [0.15, 0.2) is 0 Å². The summed E-state index contributed by atoms with van der Waals surface area (Å²) < 4.78 is 0. The lowest BCUT2D eigenvalue weighted by molar-refractivity contribution is -0.384. The lowest BCUT2D eigenvalue weighted by atomic mass is 10.1. The predicted octanol–water partition coefficient (Wildman–Crippen LogP) is 1.39. The molecule has 1 saturated heterocycles. The highest BCUT2D eigenvalue weighted by molar-refractivity contribution is 5.99. The average Bonchev–Trinajstić information content (AvgIpc) is 2.96. The fourth-order valence-electron chi connectivity index (χ4n) is 2.46. The van der Waals surface area contributed by atoms with Crippen molar-refractivity contribution in [3.05, 3.63) is 33.9 Å². The van der Waals surface area contributed by atoms with E-state index in [0.29, 0.717) is 6.54 Å². The van der Waals surface area contributed by atoms with E-state index in [0.717, 1.165) is 26.1 Å². The number of nitrogens with one attached hydrogen (secondary N) is 1. The van der Waals surface area contributed by atoms with Crippen LogP contribution in [0.4, 0.5) is 11.4 Å². The van der Waals surface area contributed by atoms with Gasteiger partial charge in [-0.3, -0.25) is 14.9 Å². The Bertz CT molecular complexity index is 527. The van der Waals surface area contributed by atoms with E-state index < -0.39 is 4.92 Å². The normalized spacial score (nSPS) is 15.0. The molecule has 3 N–H and O–H groups in total. The molecule has 114 valence electrons. The van der Waals surface area contributed by atoms with Crippen LogP contribution in [0.25, 0.3) is 0 Å². The van der Waals surface area contributed by atoms with Crippen LogP contribution >= 0.6 is 0 Å². The number of likely N-dealkylation sites (tertiary alicyclic amines) is 1. The molecule has 0 bridgehead atoms. The molecule has 7 nitrogen and oxygen atoms in total. The van der Waals surface area contributed by atoms with Crippen molar-refractivity contribution in [2.24, 2.45) is 0 Å². The van der Waals surface area contributed by atoms with Gasteiger partial charge >= 0.3 is 0 Å². The molecular formula is C14H20N4O3. The Labute approximate surface area is 123 Å². The number of nitro groups is 1. The van der Waals surface area contributed by atoms with Gasteiger partial charge in [0.1, 0.15) is 0 Å². The van der Waals surface area contributed by atoms with Crippen LogP contribution in [0.2, 0.25) is 0 Å². The monoisotopic (exact) mass is 292 g/mol. The van der Waals surface area contributed by atoms with Crippen LogP contribution in [-0.4, -0.2) is 41.9 Å². The van der Waals surface area contributed by atoms with Crippen molar-refractivity contribution in [3.8, 4) is 0 Å². The van der Waals surface area contributed by atoms with Crippen LogP contribution in [0, 0.1) is 10.1 Å². The second-order valence-electron chi connectivity index (χ2n) is 5.19. The van der Waals surface area contributed by atoms with Crippen LogP contribution < -0.4 is 11.1 Å². The molecule has 1 aromatic rings. The molecule has 0 unspecified atom stereocenters. The summed E-state index contributed by atoms with van der Waals surface area (Å²) in [5.74, 6) is -0.363. The van der Waals surface area contributed by atoms with Gasteiger partial charge in [0.05, 0.1) is 10.5 Å². The Morgan fingerprint density at radius 3 is 2.76 bits per heavy atom. The molecule has 1 aliphatic heterocycles. The van der Waals surface area contributed by atoms with E-state index in [4.69, 9.17) is 5.73 Å². The molecule has 1 heterocycles. The van der Waals surface area contributed by atoms with Gasteiger partial charge in [-0.05, 0) is 45.0 Å². The Hall–Kier alpha value is -2.15. The number of carbonyl (C=O) groups excluding carboxylic acids is 1. The minimum atomic E-state index is -0.538. The number of nitrogens with zero attached hydrogens (tertiary/aromatic N) is 2. The molecule has 0 aromatic heterocycles. The molecule has 0 atom stereocenters. The van der Waals surface area contributed by atoms with Gasteiger partial charge in [0.2, 0.25) is 0 Å². The van der Waals surface area contributed by atoms with Gasteiger partial charge in [0.25, 0.3) is 11.6 Å². The second-order valence-corrected chi connectivity index (χ2v) is 5.19. The first-order valence-corrected chi connectivity index (χ1v) is 7.12. The molecule has 1 amide bonds. The number of nitrogen functional groups attached to an aromatic ring is 1. The van der Waals surface area contributed by atoms with Crippen LogP contribution in [0.1, 0.15) is 29.6 Å². The zero-order valence-electron chi connectivity index (χ0n) is 11.9. The van der Waals surface area contributed by atoms with Crippen molar-refractivity contribution in [3.63, 3.8) is 0 Å². The molecule has 2 rings (SSSR count). The summed E-state index contributed by atoms with van der Waals surface area (Å²) in [5.41, 5.74) is 5.98. The fourth-order valence-corrected chi connectivity index (χ4v) is 2.46. The standard InChI is InChI=1S/C14H20N4O3/c15-13-5-4-11(18(20)21)10-12(13)14(19)16-6-3-9-17-7-1-2-8-17/h4-5,10H,1-3,6-9,15H2,(H,16,19). The van der Waals surface area contributed by atoms with Crippen molar-refractivity contribution in [2.75, 3.05) is 31.9 Å².